The van der Waals surface area contributed by atoms with Crippen molar-refractivity contribution < 1.29 is 19.5 Å². The molecule has 0 atom stereocenters. The highest BCUT2D eigenvalue weighted by atomic mass is 79.9. The predicted octanol–water partition coefficient (Wildman–Crippen LogP) is 2.46. The third kappa shape index (κ3) is 3.80. The van der Waals surface area contributed by atoms with Crippen molar-refractivity contribution in [3.05, 3.63) is 58.1 Å². The fourth-order valence-corrected chi connectivity index (χ4v) is 2.79. The van der Waals surface area contributed by atoms with E-state index in [4.69, 9.17) is 0 Å². The maximum atomic E-state index is 12.3. The number of hydrogen-bond acceptors (Lipinski definition) is 4. The maximum absolute atomic E-state index is 12.3. The summed E-state index contributed by atoms with van der Waals surface area (Å²) in [6, 6.07) is 11.0. The van der Waals surface area contributed by atoms with Crippen molar-refractivity contribution in [3.63, 3.8) is 0 Å². The Bertz CT molecular complexity index is 853. The molecule has 128 valence electrons. The van der Waals surface area contributed by atoms with Gasteiger partial charge in [-0.05, 0) is 35.9 Å². The molecule has 2 aromatic carbocycles. The van der Waals surface area contributed by atoms with Crippen LogP contribution in [0.3, 0.4) is 0 Å². The molecule has 0 unspecified atom stereocenters. The van der Waals surface area contributed by atoms with Crippen molar-refractivity contribution in [1.29, 1.82) is 0 Å². The minimum absolute atomic E-state index is 0.00256. The summed E-state index contributed by atoms with van der Waals surface area (Å²) in [6.45, 7) is 0.119. The Labute approximate surface area is 151 Å². The van der Waals surface area contributed by atoms with Gasteiger partial charge in [0.05, 0.1) is 18.7 Å². The highest BCUT2D eigenvalue weighted by Gasteiger charge is 2.28. The molecule has 3 N–H and O–H groups in total. The number of rotatable bonds is 4. The molecule has 0 aliphatic carbocycles. The van der Waals surface area contributed by atoms with Gasteiger partial charge in [0.2, 0.25) is 5.91 Å². The number of nitrogens with one attached hydrogen (secondary N) is 2. The van der Waals surface area contributed by atoms with Crippen molar-refractivity contribution >= 4 is 39.5 Å². The number of imide groups is 1. The number of urea groups is 1. The molecule has 4 amide bonds. The van der Waals surface area contributed by atoms with Crippen molar-refractivity contribution in [2.45, 2.75) is 6.54 Å². The number of aromatic hydroxyl groups is 1. The molecule has 0 bridgehead atoms. The van der Waals surface area contributed by atoms with Crippen LogP contribution in [0, 0.1) is 0 Å². The first-order valence-electron chi connectivity index (χ1n) is 7.41. The van der Waals surface area contributed by atoms with Gasteiger partial charge in [0.1, 0.15) is 5.75 Å². The lowest BCUT2D eigenvalue weighted by atomic mass is 10.1. The van der Waals surface area contributed by atoms with E-state index in [1.807, 2.05) is 0 Å². The van der Waals surface area contributed by atoms with Gasteiger partial charge in [0.15, 0.2) is 0 Å². The second-order valence-corrected chi connectivity index (χ2v) is 6.37. The van der Waals surface area contributed by atoms with Crippen molar-refractivity contribution in [3.8, 4) is 5.75 Å². The van der Waals surface area contributed by atoms with Gasteiger partial charge in [-0.1, -0.05) is 28.1 Å². The number of nitrogens with zero attached hydrogens (tertiary/aromatic N) is 1. The molecule has 0 spiro atoms. The normalized spacial score (nSPS) is 13.7. The molecule has 8 heteroatoms. The molecule has 1 fully saturated rings. The molecule has 7 nitrogen and oxygen atoms in total. The van der Waals surface area contributed by atoms with Crippen LogP contribution in [-0.4, -0.2) is 34.4 Å². The summed E-state index contributed by atoms with van der Waals surface area (Å²) in [5.41, 5.74) is 1.32. The molecule has 1 aliphatic heterocycles. The van der Waals surface area contributed by atoms with E-state index in [-0.39, 0.29) is 30.3 Å². The number of phenolic OH excluding ortho intramolecular Hbond substituents is 1. The van der Waals surface area contributed by atoms with Crippen LogP contribution in [0.4, 0.5) is 10.5 Å². The van der Waals surface area contributed by atoms with Gasteiger partial charge in [-0.25, -0.2) is 4.79 Å². The Kier molecular flexibility index (Phi) is 4.71. The number of hydrogen-bond donors (Lipinski definition) is 3. The largest absolute Gasteiger partial charge is 0.507 e. The van der Waals surface area contributed by atoms with E-state index in [0.29, 0.717) is 15.7 Å². The maximum Gasteiger partial charge on any atom is 0.324 e. The van der Waals surface area contributed by atoms with E-state index >= 15 is 0 Å². The number of halogens is 1. The molecule has 0 aromatic heterocycles. The molecular formula is C17H14BrN3O4. The van der Waals surface area contributed by atoms with Gasteiger partial charge >= 0.3 is 6.03 Å². The Morgan fingerprint density at radius 1 is 1.24 bits per heavy atom. The van der Waals surface area contributed by atoms with Gasteiger partial charge in [0, 0.05) is 10.2 Å². The summed E-state index contributed by atoms with van der Waals surface area (Å²) < 4.78 is 0.669. The molecule has 1 heterocycles. The average molecular weight is 404 g/mol. The second-order valence-electron chi connectivity index (χ2n) is 5.45. The molecule has 3 rings (SSSR count). The predicted molar refractivity (Wildman–Crippen MR) is 94.2 cm³/mol. The molecule has 2 aromatic rings. The Morgan fingerprint density at radius 3 is 2.76 bits per heavy atom. The summed E-state index contributed by atoms with van der Waals surface area (Å²) in [5.74, 6) is -0.888. The van der Waals surface area contributed by atoms with Gasteiger partial charge < -0.3 is 15.7 Å². The standard InChI is InChI=1S/C17H14BrN3O4/c18-11-4-5-14(22)13(7-11)16(24)20-12-3-1-2-10(6-12)9-21-15(23)8-19-17(21)25/h1-7,22H,8-9H2,(H,19,25)(H,20,24). The van der Waals surface area contributed by atoms with Crippen LogP contribution in [0.2, 0.25) is 0 Å². The molecular weight excluding hydrogens is 390 g/mol. The first-order valence-corrected chi connectivity index (χ1v) is 8.20. The van der Waals surface area contributed by atoms with Gasteiger partial charge in [-0.15, -0.1) is 0 Å². The van der Waals surface area contributed by atoms with E-state index in [2.05, 4.69) is 26.6 Å². The van der Waals surface area contributed by atoms with Crippen LogP contribution in [-0.2, 0) is 11.3 Å². The zero-order chi connectivity index (χ0) is 18.0. The number of phenols is 1. The summed E-state index contributed by atoms with van der Waals surface area (Å²) in [7, 11) is 0. The van der Waals surface area contributed by atoms with Crippen molar-refractivity contribution in [1.82, 2.24) is 10.2 Å². The fourth-order valence-electron chi connectivity index (χ4n) is 2.43. The zero-order valence-electron chi connectivity index (χ0n) is 13.0. The Hall–Kier alpha value is -2.87. The highest BCUT2D eigenvalue weighted by Crippen LogP contribution is 2.23. The van der Waals surface area contributed by atoms with Crippen LogP contribution in [0.25, 0.3) is 0 Å². The third-order valence-corrected chi connectivity index (χ3v) is 4.16. The number of benzene rings is 2. The van der Waals surface area contributed by atoms with Gasteiger partial charge in [0.25, 0.3) is 5.91 Å². The van der Waals surface area contributed by atoms with Gasteiger partial charge in [-0.3, -0.25) is 14.5 Å². The average Bonchev–Trinajstić information content (AvgIpc) is 2.89. The molecule has 0 radical (unpaired) electrons. The number of anilines is 1. The fraction of sp³-hybridized carbons (Fsp3) is 0.118. The van der Waals surface area contributed by atoms with E-state index in [1.54, 1.807) is 30.3 Å². The highest BCUT2D eigenvalue weighted by molar-refractivity contribution is 9.10. The van der Waals surface area contributed by atoms with E-state index in [1.165, 1.54) is 12.1 Å². The Balaban J connectivity index is 1.75. The smallest absolute Gasteiger partial charge is 0.324 e. The van der Waals surface area contributed by atoms with E-state index < -0.39 is 11.9 Å². The quantitative estimate of drug-likeness (QED) is 0.682. The molecule has 1 aliphatic rings. The van der Waals surface area contributed by atoms with Crippen LogP contribution in [0.1, 0.15) is 15.9 Å². The first-order chi connectivity index (χ1) is 11.9. The summed E-state index contributed by atoms with van der Waals surface area (Å²) in [6.07, 6.45) is 0. The number of amides is 4. The number of carbonyl (C=O) groups is 3. The lowest BCUT2D eigenvalue weighted by Gasteiger charge is -2.13. The zero-order valence-corrected chi connectivity index (χ0v) is 14.5. The third-order valence-electron chi connectivity index (χ3n) is 3.67. The van der Waals surface area contributed by atoms with Crippen LogP contribution in [0.5, 0.6) is 5.75 Å². The topological polar surface area (TPSA) is 98.7 Å². The van der Waals surface area contributed by atoms with Crippen LogP contribution in [0.15, 0.2) is 46.9 Å². The lowest BCUT2D eigenvalue weighted by molar-refractivity contribution is -0.125. The SMILES string of the molecule is O=C(Nc1cccc(CN2C(=O)CNC2=O)c1)c1cc(Br)ccc1O. The van der Waals surface area contributed by atoms with Crippen LogP contribution >= 0.6 is 15.9 Å². The molecule has 0 saturated carbocycles. The molecule has 1 saturated heterocycles. The lowest BCUT2D eigenvalue weighted by Crippen LogP contribution is -2.30. The van der Waals surface area contributed by atoms with Crippen molar-refractivity contribution in [2.24, 2.45) is 0 Å². The first kappa shape index (κ1) is 17.0. The monoisotopic (exact) mass is 403 g/mol. The summed E-state index contributed by atoms with van der Waals surface area (Å²) in [5, 5.41) is 15.0. The van der Waals surface area contributed by atoms with Gasteiger partial charge in [-0.2, -0.15) is 0 Å². The van der Waals surface area contributed by atoms with E-state index in [9.17, 15) is 19.5 Å². The summed E-state index contributed by atoms with van der Waals surface area (Å²) >= 11 is 3.26. The number of carbonyl (C=O) groups excluding carboxylic acids is 3. The minimum Gasteiger partial charge on any atom is -0.507 e. The van der Waals surface area contributed by atoms with Crippen LogP contribution < -0.4 is 10.6 Å². The second kappa shape index (κ2) is 6.94. The Morgan fingerprint density at radius 2 is 2.04 bits per heavy atom. The van der Waals surface area contributed by atoms with Crippen molar-refractivity contribution in [2.75, 3.05) is 11.9 Å². The van der Waals surface area contributed by atoms with E-state index in [0.717, 1.165) is 4.90 Å². The minimum atomic E-state index is -0.467. The molecule has 25 heavy (non-hydrogen) atoms. The summed E-state index contributed by atoms with van der Waals surface area (Å²) in [4.78, 5) is 36.7.